The Kier molecular flexibility index (Phi) is 7.63. The van der Waals surface area contributed by atoms with Crippen LogP contribution in [-0.4, -0.2) is 19.4 Å². The first kappa shape index (κ1) is 24.2. The molecule has 0 aliphatic rings. The first-order chi connectivity index (χ1) is 15.6. The standard InChI is InChI=1S/C25H25N3O3S2/c1-17-7-9-20(10-8-17)11-16-23(29)27-25(32)26-21-12-14-22(15-13-21)33(30,31)28-24-18(2)5-4-6-19(24)3/h4-16,28H,1-3H3,(H2,26,27,29,32). The highest BCUT2D eigenvalue weighted by atomic mass is 32.2. The van der Waals surface area contributed by atoms with Gasteiger partial charge in [0.05, 0.1) is 10.6 Å². The van der Waals surface area contributed by atoms with Gasteiger partial charge in [0.15, 0.2) is 5.11 Å². The molecule has 0 bridgehead atoms. The van der Waals surface area contributed by atoms with Gasteiger partial charge in [0.2, 0.25) is 5.91 Å². The molecule has 0 aliphatic carbocycles. The maximum Gasteiger partial charge on any atom is 0.261 e. The first-order valence-corrected chi connectivity index (χ1v) is 12.1. The van der Waals surface area contributed by atoms with Crippen LogP contribution in [0.3, 0.4) is 0 Å². The summed E-state index contributed by atoms with van der Waals surface area (Å²) in [5.74, 6) is -0.370. The molecule has 6 nitrogen and oxygen atoms in total. The Morgan fingerprint density at radius 3 is 2.09 bits per heavy atom. The van der Waals surface area contributed by atoms with Crippen molar-refractivity contribution in [3.05, 3.63) is 95.1 Å². The van der Waals surface area contributed by atoms with Gasteiger partial charge in [0.25, 0.3) is 10.0 Å². The van der Waals surface area contributed by atoms with Crippen molar-refractivity contribution >= 4 is 50.7 Å². The third kappa shape index (κ3) is 6.74. The van der Waals surface area contributed by atoms with Crippen molar-refractivity contribution in [2.24, 2.45) is 0 Å². The van der Waals surface area contributed by atoms with Crippen molar-refractivity contribution in [1.29, 1.82) is 0 Å². The zero-order valence-corrected chi connectivity index (χ0v) is 20.2. The summed E-state index contributed by atoms with van der Waals surface area (Å²) in [6.45, 7) is 5.69. The number of nitrogens with one attached hydrogen (secondary N) is 3. The second-order valence-electron chi connectivity index (χ2n) is 7.58. The fraction of sp³-hybridized carbons (Fsp3) is 0.120. The molecule has 8 heteroatoms. The van der Waals surface area contributed by atoms with Crippen molar-refractivity contribution in [1.82, 2.24) is 5.32 Å². The van der Waals surface area contributed by atoms with Crippen molar-refractivity contribution in [2.75, 3.05) is 10.0 Å². The normalized spacial score (nSPS) is 11.2. The van der Waals surface area contributed by atoms with Gasteiger partial charge in [-0.15, -0.1) is 0 Å². The summed E-state index contributed by atoms with van der Waals surface area (Å²) < 4.78 is 28.2. The van der Waals surface area contributed by atoms with E-state index in [2.05, 4.69) is 15.4 Å². The minimum Gasteiger partial charge on any atom is -0.332 e. The summed E-state index contributed by atoms with van der Waals surface area (Å²) in [4.78, 5) is 12.2. The number of amides is 1. The van der Waals surface area contributed by atoms with E-state index >= 15 is 0 Å². The van der Waals surface area contributed by atoms with Gasteiger partial charge >= 0.3 is 0 Å². The topological polar surface area (TPSA) is 87.3 Å². The molecule has 0 aliphatic heterocycles. The van der Waals surface area contributed by atoms with Crippen LogP contribution in [0.1, 0.15) is 22.3 Å². The van der Waals surface area contributed by atoms with E-state index in [1.807, 2.05) is 63.2 Å². The summed E-state index contributed by atoms with van der Waals surface area (Å²) in [6.07, 6.45) is 3.09. The molecule has 0 atom stereocenters. The lowest BCUT2D eigenvalue weighted by Gasteiger charge is -2.14. The number of benzene rings is 3. The molecule has 3 rings (SSSR count). The molecule has 1 amide bonds. The van der Waals surface area contributed by atoms with Gasteiger partial charge in [-0.25, -0.2) is 8.42 Å². The number of anilines is 2. The van der Waals surface area contributed by atoms with Crippen LogP contribution in [-0.2, 0) is 14.8 Å². The monoisotopic (exact) mass is 479 g/mol. The highest BCUT2D eigenvalue weighted by molar-refractivity contribution is 7.92. The number of hydrogen-bond donors (Lipinski definition) is 3. The molecule has 3 N–H and O–H groups in total. The van der Waals surface area contributed by atoms with Crippen LogP contribution < -0.4 is 15.4 Å². The smallest absolute Gasteiger partial charge is 0.261 e. The molecule has 0 saturated heterocycles. The lowest BCUT2D eigenvalue weighted by atomic mass is 10.1. The highest BCUT2D eigenvalue weighted by Crippen LogP contribution is 2.24. The maximum absolute atomic E-state index is 12.8. The van der Waals surface area contributed by atoms with Gasteiger partial charge in [-0.05, 0) is 80.0 Å². The molecule has 33 heavy (non-hydrogen) atoms. The number of rotatable bonds is 6. The zero-order valence-electron chi connectivity index (χ0n) is 18.5. The molecular formula is C25H25N3O3S2. The Morgan fingerprint density at radius 2 is 1.48 bits per heavy atom. The van der Waals surface area contributed by atoms with E-state index in [1.54, 1.807) is 18.2 Å². The molecular weight excluding hydrogens is 454 g/mol. The largest absolute Gasteiger partial charge is 0.332 e. The maximum atomic E-state index is 12.8. The molecule has 0 heterocycles. The SMILES string of the molecule is Cc1ccc(C=CC(=O)NC(=S)Nc2ccc(S(=O)(=O)Nc3c(C)cccc3C)cc2)cc1. The van der Waals surface area contributed by atoms with Crippen LogP contribution in [0.15, 0.2) is 77.7 Å². The number of carbonyl (C=O) groups excluding carboxylic acids is 1. The van der Waals surface area contributed by atoms with E-state index in [9.17, 15) is 13.2 Å². The van der Waals surface area contributed by atoms with Crippen molar-refractivity contribution in [2.45, 2.75) is 25.7 Å². The van der Waals surface area contributed by atoms with E-state index in [0.29, 0.717) is 11.4 Å². The van der Waals surface area contributed by atoms with Gasteiger partial charge in [0.1, 0.15) is 0 Å². The fourth-order valence-electron chi connectivity index (χ4n) is 3.05. The summed E-state index contributed by atoms with van der Waals surface area (Å²) in [5.41, 5.74) is 4.85. The third-order valence-electron chi connectivity index (χ3n) is 4.88. The molecule has 0 radical (unpaired) electrons. The summed E-state index contributed by atoms with van der Waals surface area (Å²) in [5, 5.41) is 5.55. The first-order valence-electron chi connectivity index (χ1n) is 10.2. The van der Waals surface area contributed by atoms with E-state index in [-0.39, 0.29) is 15.9 Å². The second-order valence-corrected chi connectivity index (χ2v) is 9.67. The third-order valence-corrected chi connectivity index (χ3v) is 6.45. The summed E-state index contributed by atoms with van der Waals surface area (Å²) in [6, 6.07) is 19.5. The number of sulfonamides is 1. The van der Waals surface area contributed by atoms with Crippen LogP contribution in [0.25, 0.3) is 6.08 Å². The fourth-order valence-corrected chi connectivity index (χ4v) is 4.47. The molecule has 170 valence electrons. The number of carbonyl (C=O) groups is 1. The number of thiocarbonyl (C=S) groups is 1. The van der Waals surface area contributed by atoms with Gasteiger partial charge in [-0.3, -0.25) is 14.8 Å². The molecule has 3 aromatic rings. The molecule has 0 saturated carbocycles. The highest BCUT2D eigenvalue weighted by Gasteiger charge is 2.16. The van der Waals surface area contributed by atoms with Gasteiger partial charge in [-0.2, -0.15) is 0 Å². The summed E-state index contributed by atoms with van der Waals surface area (Å²) in [7, 11) is -3.75. The average molecular weight is 480 g/mol. The van der Waals surface area contributed by atoms with Crippen LogP contribution in [0.4, 0.5) is 11.4 Å². The summed E-state index contributed by atoms with van der Waals surface area (Å²) >= 11 is 5.17. The number of aryl methyl sites for hydroxylation is 3. The van der Waals surface area contributed by atoms with Crippen molar-refractivity contribution < 1.29 is 13.2 Å². The second kappa shape index (κ2) is 10.4. The Morgan fingerprint density at radius 1 is 0.879 bits per heavy atom. The van der Waals surface area contributed by atoms with Crippen molar-refractivity contribution in [3.63, 3.8) is 0 Å². The lowest BCUT2D eigenvalue weighted by molar-refractivity contribution is -0.115. The van der Waals surface area contributed by atoms with E-state index in [4.69, 9.17) is 12.2 Å². The minimum atomic E-state index is -3.75. The van der Waals surface area contributed by atoms with Gasteiger partial charge in [-0.1, -0.05) is 48.0 Å². The molecule has 3 aromatic carbocycles. The predicted octanol–water partition coefficient (Wildman–Crippen LogP) is 4.94. The van der Waals surface area contributed by atoms with Crippen LogP contribution in [0.2, 0.25) is 0 Å². The molecule has 0 fully saturated rings. The lowest BCUT2D eigenvalue weighted by Crippen LogP contribution is -2.32. The van der Waals surface area contributed by atoms with E-state index < -0.39 is 10.0 Å². The number of para-hydroxylation sites is 1. The molecule has 0 spiro atoms. The van der Waals surface area contributed by atoms with Crippen molar-refractivity contribution in [3.8, 4) is 0 Å². The Hall–Kier alpha value is -3.49. The van der Waals surface area contributed by atoms with Gasteiger partial charge in [0, 0.05) is 11.8 Å². The van der Waals surface area contributed by atoms with Crippen LogP contribution in [0.5, 0.6) is 0 Å². The Bertz CT molecular complexity index is 1280. The minimum absolute atomic E-state index is 0.109. The Labute approximate surface area is 199 Å². The van der Waals surface area contributed by atoms with E-state index in [1.165, 1.54) is 18.2 Å². The zero-order chi connectivity index (χ0) is 24.0. The van der Waals surface area contributed by atoms with Crippen LogP contribution >= 0.6 is 12.2 Å². The average Bonchev–Trinajstić information content (AvgIpc) is 2.76. The van der Waals surface area contributed by atoms with Gasteiger partial charge < -0.3 is 5.32 Å². The van der Waals surface area contributed by atoms with E-state index in [0.717, 1.165) is 22.3 Å². The van der Waals surface area contributed by atoms with Crippen LogP contribution in [0, 0.1) is 20.8 Å². The molecule has 0 aromatic heterocycles. The molecule has 0 unspecified atom stereocenters. The Balaban J connectivity index is 1.60. The predicted molar refractivity (Wildman–Crippen MR) is 138 cm³/mol. The number of hydrogen-bond acceptors (Lipinski definition) is 4. The quantitative estimate of drug-likeness (QED) is 0.344.